The van der Waals surface area contributed by atoms with Gasteiger partial charge in [-0.1, -0.05) is 47.5 Å². The standard InChI is InChI=1S/C19H18Cl2N2O3/c1-26-15-8-3-2-5-12(15)11-22-17(24)19(9-10-19)18(25)23-16-13(20)6-4-7-14(16)21/h2-8H,9-11H2,1H3,(H,22,24)(H,23,25). The van der Waals surface area contributed by atoms with Crippen molar-refractivity contribution in [2.45, 2.75) is 19.4 Å². The van der Waals surface area contributed by atoms with E-state index in [4.69, 9.17) is 27.9 Å². The third-order valence-electron chi connectivity index (χ3n) is 4.45. The van der Waals surface area contributed by atoms with Crippen LogP contribution in [-0.4, -0.2) is 18.9 Å². The summed E-state index contributed by atoms with van der Waals surface area (Å²) >= 11 is 12.2. The van der Waals surface area contributed by atoms with Crippen LogP contribution in [0.4, 0.5) is 5.69 Å². The smallest absolute Gasteiger partial charge is 0.240 e. The molecule has 26 heavy (non-hydrogen) atoms. The summed E-state index contributed by atoms with van der Waals surface area (Å²) in [4.78, 5) is 25.3. The second kappa shape index (κ2) is 7.56. The Morgan fingerprint density at radius 1 is 1.04 bits per heavy atom. The van der Waals surface area contributed by atoms with E-state index in [1.54, 1.807) is 25.3 Å². The molecule has 0 atom stereocenters. The summed E-state index contributed by atoms with van der Waals surface area (Å²) in [6.07, 6.45) is 0.970. The number of rotatable bonds is 6. The summed E-state index contributed by atoms with van der Waals surface area (Å²) < 4.78 is 5.27. The van der Waals surface area contributed by atoms with Gasteiger partial charge in [0, 0.05) is 12.1 Å². The summed E-state index contributed by atoms with van der Waals surface area (Å²) in [7, 11) is 1.57. The first-order valence-corrected chi connectivity index (χ1v) is 8.89. The summed E-state index contributed by atoms with van der Waals surface area (Å²) in [6.45, 7) is 0.282. The summed E-state index contributed by atoms with van der Waals surface area (Å²) in [5.74, 6) is -0.0287. The third kappa shape index (κ3) is 3.64. The maximum atomic E-state index is 12.7. The minimum absolute atomic E-state index is 0.282. The van der Waals surface area contributed by atoms with Crippen molar-refractivity contribution in [3.05, 3.63) is 58.1 Å². The molecular weight excluding hydrogens is 375 g/mol. The molecule has 7 heteroatoms. The number of amides is 2. The quantitative estimate of drug-likeness (QED) is 0.728. The molecule has 1 fully saturated rings. The molecule has 0 spiro atoms. The molecular formula is C19H18Cl2N2O3. The van der Waals surface area contributed by atoms with Crippen molar-refractivity contribution in [1.82, 2.24) is 5.32 Å². The van der Waals surface area contributed by atoms with Crippen molar-refractivity contribution in [3.8, 4) is 5.75 Å². The van der Waals surface area contributed by atoms with Crippen molar-refractivity contribution in [2.24, 2.45) is 5.41 Å². The van der Waals surface area contributed by atoms with Crippen molar-refractivity contribution in [2.75, 3.05) is 12.4 Å². The molecule has 0 saturated heterocycles. The van der Waals surface area contributed by atoms with Crippen LogP contribution in [0.5, 0.6) is 5.75 Å². The highest BCUT2D eigenvalue weighted by Crippen LogP contribution is 2.47. The van der Waals surface area contributed by atoms with Crippen LogP contribution in [0, 0.1) is 5.41 Å². The minimum Gasteiger partial charge on any atom is -0.496 e. The Balaban J connectivity index is 1.68. The van der Waals surface area contributed by atoms with Crippen LogP contribution >= 0.6 is 23.2 Å². The molecule has 0 unspecified atom stereocenters. The first-order chi connectivity index (χ1) is 12.5. The molecule has 0 heterocycles. The van der Waals surface area contributed by atoms with Gasteiger partial charge in [0.05, 0.1) is 22.8 Å². The lowest BCUT2D eigenvalue weighted by Crippen LogP contribution is -2.39. The Morgan fingerprint density at radius 2 is 1.69 bits per heavy atom. The molecule has 0 aliphatic heterocycles. The lowest BCUT2D eigenvalue weighted by atomic mass is 10.0. The number of carbonyl (C=O) groups is 2. The molecule has 0 bridgehead atoms. The average Bonchev–Trinajstić information content (AvgIpc) is 3.45. The lowest BCUT2D eigenvalue weighted by molar-refractivity contribution is -0.134. The van der Waals surface area contributed by atoms with Crippen LogP contribution < -0.4 is 15.4 Å². The summed E-state index contributed by atoms with van der Waals surface area (Å²) in [5.41, 5.74) is 0.0863. The lowest BCUT2D eigenvalue weighted by Gasteiger charge is -2.17. The highest BCUT2D eigenvalue weighted by Gasteiger charge is 2.56. The number of halogens is 2. The zero-order chi connectivity index (χ0) is 18.7. The van der Waals surface area contributed by atoms with Crippen molar-refractivity contribution < 1.29 is 14.3 Å². The number of benzene rings is 2. The Labute approximate surface area is 161 Å². The molecule has 2 aromatic rings. The monoisotopic (exact) mass is 392 g/mol. The summed E-state index contributed by atoms with van der Waals surface area (Å²) in [6, 6.07) is 12.3. The van der Waals surface area contributed by atoms with Gasteiger partial charge in [-0.3, -0.25) is 9.59 Å². The SMILES string of the molecule is COc1ccccc1CNC(=O)C1(C(=O)Nc2c(Cl)cccc2Cl)CC1. The number of anilines is 1. The second-order valence-electron chi connectivity index (χ2n) is 6.13. The highest BCUT2D eigenvalue weighted by atomic mass is 35.5. The van der Waals surface area contributed by atoms with Gasteiger partial charge in [-0.15, -0.1) is 0 Å². The van der Waals surface area contributed by atoms with Gasteiger partial charge in [0.1, 0.15) is 11.2 Å². The van der Waals surface area contributed by atoms with Crippen molar-refractivity contribution in [3.63, 3.8) is 0 Å². The topological polar surface area (TPSA) is 67.4 Å². The summed E-state index contributed by atoms with van der Waals surface area (Å²) in [5, 5.41) is 6.18. The van der Waals surface area contributed by atoms with E-state index < -0.39 is 11.3 Å². The van der Waals surface area contributed by atoms with Gasteiger partial charge in [0.25, 0.3) is 0 Å². The van der Waals surface area contributed by atoms with E-state index in [-0.39, 0.29) is 12.5 Å². The van der Waals surface area contributed by atoms with Gasteiger partial charge < -0.3 is 15.4 Å². The fourth-order valence-electron chi connectivity index (χ4n) is 2.73. The van der Waals surface area contributed by atoms with E-state index in [1.807, 2.05) is 24.3 Å². The van der Waals surface area contributed by atoms with Crippen LogP contribution in [0.3, 0.4) is 0 Å². The van der Waals surface area contributed by atoms with Gasteiger partial charge in [-0.05, 0) is 31.0 Å². The first kappa shape index (κ1) is 18.5. The van der Waals surface area contributed by atoms with Gasteiger partial charge in [0.15, 0.2) is 0 Å². The molecule has 1 aliphatic rings. The minimum atomic E-state index is -1.08. The number of hydrogen-bond donors (Lipinski definition) is 2. The fraction of sp³-hybridized carbons (Fsp3) is 0.263. The van der Waals surface area contributed by atoms with Gasteiger partial charge in [-0.25, -0.2) is 0 Å². The van der Waals surface area contributed by atoms with E-state index >= 15 is 0 Å². The Hall–Kier alpha value is -2.24. The van der Waals surface area contributed by atoms with Gasteiger partial charge in [-0.2, -0.15) is 0 Å². The van der Waals surface area contributed by atoms with Crippen molar-refractivity contribution in [1.29, 1.82) is 0 Å². The molecule has 0 radical (unpaired) electrons. The van der Waals surface area contributed by atoms with Gasteiger partial charge >= 0.3 is 0 Å². The number of hydrogen-bond acceptors (Lipinski definition) is 3. The first-order valence-electron chi connectivity index (χ1n) is 8.13. The molecule has 3 rings (SSSR count). The predicted octanol–water partition coefficient (Wildman–Crippen LogP) is 4.04. The molecule has 1 aliphatic carbocycles. The Morgan fingerprint density at radius 3 is 2.31 bits per heavy atom. The molecule has 5 nitrogen and oxygen atoms in total. The van der Waals surface area contributed by atoms with E-state index in [0.717, 1.165) is 5.56 Å². The number of para-hydroxylation sites is 2. The number of methoxy groups -OCH3 is 1. The average molecular weight is 393 g/mol. The van der Waals surface area contributed by atoms with Crippen LogP contribution in [0.25, 0.3) is 0 Å². The van der Waals surface area contributed by atoms with Crippen LogP contribution in [0.15, 0.2) is 42.5 Å². The fourth-order valence-corrected chi connectivity index (χ4v) is 3.22. The molecule has 136 valence electrons. The Bertz CT molecular complexity index is 830. The van der Waals surface area contributed by atoms with Crippen LogP contribution in [-0.2, 0) is 16.1 Å². The largest absolute Gasteiger partial charge is 0.496 e. The zero-order valence-electron chi connectivity index (χ0n) is 14.1. The number of ether oxygens (including phenoxy) is 1. The zero-order valence-corrected chi connectivity index (χ0v) is 15.7. The highest BCUT2D eigenvalue weighted by molar-refractivity contribution is 6.40. The molecule has 1 saturated carbocycles. The maximum absolute atomic E-state index is 12.7. The maximum Gasteiger partial charge on any atom is 0.240 e. The van der Waals surface area contributed by atoms with Gasteiger partial charge in [0.2, 0.25) is 11.8 Å². The predicted molar refractivity (Wildman–Crippen MR) is 102 cm³/mol. The second-order valence-corrected chi connectivity index (χ2v) is 6.94. The molecule has 2 amide bonds. The normalized spacial score (nSPS) is 14.4. The van der Waals surface area contributed by atoms with E-state index in [1.165, 1.54) is 0 Å². The van der Waals surface area contributed by atoms with Crippen LogP contribution in [0.2, 0.25) is 10.0 Å². The number of carbonyl (C=O) groups excluding carboxylic acids is 2. The molecule has 2 aromatic carbocycles. The van der Waals surface area contributed by atoms with E-state index in [0.29, 0.717) is 34.3 Å². The van der Waals surface area contributed by atoms with Crippen molar-refractivity contribution >= 4 is 40.7 Å². The molecule has 2 N–H and O–H groups in total. The number of nitrogens with one attached hydrogen (secondary N) is 2. The van der Waals surface area contributed by atoms with E-state index in [2.05, 4.69) is 10.6 Å². The van der Waals surface area contributed by atoms with E-state index in [9.17, 15) is 9.59 Å². The Kier molecular flexibility index (Phi) is 5.39. The third-order valence-corrected chi connectivity index (χ3v) is 5.08. The van der Waals surface area contributed by atoms with Crippen LogP contribution in [0.1, 0.15) is 18.4 Å². The molecule has 0 aromatic heterocycles.